The summed E-state index contributed by atoms with van der Waals surface area (Å²) in [4.78, 5) is 11.4. The van der Waals surface area contributed by atoms with Crippen molar-refractivity contribution in [3.8, 4) is 0 Å². The van der Waals surface area contributed by atoms with E-state index in [-0.39, 0.29) is 5.91 Å². The Balaban J connectivity index is 2.75. The first-order valence-corrected chi connectivity index (χ1v) is 9.06. The molecule has 0 unspecified atom stereocenters. The Bertz CT molecular complexity index is 553. The molecule has 1 rings (SSSR count). The van der Waals surface area contributed by atoms with Crippen molar-refractivity contribution in [2.45, 2.75) is 33.1 Å². The lowest BCUT2D eigenvalue weighted by molar-refractivity contribution is -0.121. The van der Waals surface area contributed by atoms with Gasteiger partial charge in [0, 0.05) is 19.5 Å². The standard InChI is InChI=1S/C15H24N2O3S/c1-4-13-8-10-14(11-9-13)17(21(3,19)20)12-6-7-15(18)16-5-2/h8-11H,4-7,12H2,1-3H3,(H,16,18). The second kappa shape index (κ2) is 8.02. The first-order valence-electron chi connectivity index (χ1n) is 7.21. The number of hydrogen-bond acceptors (Lipinski definition) is 3. The van der Waals surface area contributed by atoms with Crippen LogP contribution in [0, 0.1) is 0 Å². The zero-order valence-electron chi connectivity index (χ0n) is 12.9. The van der Waals surface area contributed by atoms with E-state index in [2.05, 4.69) is 12.2 Å². The molecule has 0 spiro atoms. The Labute approximate surface area is 127 Å². The summed E-state index contributed by atoms with van der Waals surface area (Å²) in [6.07, 6.45) is 2.92. The molecule has 0 saturated heterocycles. The van der Waals surface area contributed by atoms with E-state index in [4.69, 9.17) is 0 Å². The maximum absolute atomic E-state index is 11.9. The smallest absolute Gasteiger partial charge is 0.232 e. The van der Waals surface area contributed by atoms with Gasteiger partial charge < -0.3 is 5.32 Å². The van der Waals surface area contributed by atoms with Crippen molar-refractivity contribution >= 4 is 21.6 Å². The van der Waals surface area contributed by atoms with Gasteiger partial charge in [-0.2, -0.15) is 0 Å². The molecule has 21 heavy (non-hydrogen) atoms. The van der Waals surface area contributed by atoms with Gasteiger partial charge in [-0.1, -0.05) is 19.1 Å². The minimum absolute atomic E-state index is 0.0488. The molecule has 0 aliphatic rings. The number of sulfonamides is 1. The van der Waals surface area contributed by atoms with Crippen molar-refractivity contribution in [3.05, 3.63) is 29.8 Å². The third-order valence-corrected chi connectivity index (χ3v) is 4.37. The monoisotopic (exact) mass is 312 g/mol. The van der Waals surface area contributed by atoms with Gasteiger partial charge in [0.2, 0.25) is 15.9 Å². The lowest BCUT2D eigenvalue weighted by Crippen LogP contribution is -2.32. The van der Waals surface area contributed by atoms with E-state index in [0.29, 0.717) is 31.6 Å². The van der Waals surface area contributed by atoms with Gasteiger partial charge in [-0.15, -0.1) is 0 Å². The number of rotatable bonds is 8. The van der Waals surface area contributed by atoms with Crippen LogP contribution in [0.3, 0.4) is 0 Å². The molecule has 0 aliphatic carbocycles. The third-order valence-electron chi connectivity index (χ3n) is 3.17. The molecular formula is C15H24N2O3S. The molecule has 118 valence electrons. The molecule has 0 bridgehead atoms. The van der Waals surface area contributed by atoms with Crippen molar-refractivity contribution < 1.29 is 13.2 Å². The molecule has 0 aliphatic heterocycles. The SMILES string of the molecule is CCNC(=O)CCCN(c1ccc(CC)cc1)S(C)(=O)=O. The van der Waals surface area contributed by atoms with E-state index in [9.17, 15) is 13.2 Å². The topological polar surface area (TPSA) is 66.5 Å². The predicted molar refractivity (Wildman–Crippen MR) is 85.9 cm³/mol. The van der Waals surface area contributed by atoms with Crippen LogP contribution in [-0.4, -0.2) is 33.7 Å². The number of amides is 1. The first-order chi connectivity index (χ1) is 9.88. The van der Waals surface area contributed by atoms with Gasteiger partial charge in [-0.3, -0.25) is 9.10 Å². The fourth-order valence-corrected chi connectivity index (χ4v) is 3.02. The highest BCUT2D eigenvalue weighted by atomic mass is 32.2. The van der Waals surface area contributed by atoms with Crippen LogP contribution in [0.25, 0.3) is 0 Å². The van der Waals surface area contributed by atoms with E-state index >= 15 is 0 Å². The molecule has 1 amide bonds. The molecule has 5 nitrogen and oxygen atoms in total. The Morgan fingerprint density at radius 3 is 2.29 bits per heavy atom. The van der Waals surface area contributed by atoms with Crippen LogP contribution in [0.4, 0.5) is 5.69 Å². The highest BCUT2D eigenvalue weighted by Gasteiger charge is 2.17. The second-order valence-corrected chi connectivity index (χ2v) is 6.82. The zero-order chi connectivity index (χ0) is 15.9. The van der Waals surface area contributed by atoms with E-state index in [0.717, 1.165) is 12.0 Å². The Morgan fingerprint density at radius 2 is 1.81 bits per heavy atom. The molecule has 0 radical (unpaired) electrons. The van der Waals surface area contributed by atoms with Gasteiger partial charge in [0.15, 0.2) is 0 Å². The molecule has 1 aromatic rings. The van der Waals surface area contributed by atoms with E-state index in [1.54, 1.807) is 0 Å². The average Bonchev–Trinajstić information content (AvgIpc) is 2.43. The number of benzene rings is 1. The van der Waals surface area contributed by atoms with Crippen LogP contribution >= 0.6 is 0 Å². The number of aryl methyl sites for hydroxylation is 1. The number of hydrogen-bond donors (Lipinski definition) is 1. The van der Waals surface area contributed by atoms with Gasteiger partial charge >= 0.3 is 0 Å². The molecule has 1 N–H and O–H groups in total. The number of nitrogens with one attached hydrogen (secondary N) is 1. The maximum atomic E-state index is 11.9. The van der Waals surface area contributed by atoms with Gasteiger partial charge in [-0.05, 0) is 37.5 Å². The number of carbonyl (C=O) groups excluding carboxylic acids is 1. The number of anilines is 1. The number of nitrogens with zero attached hydrogens (tertiary/aromatic N) is 1. The molecule has 0 atom stereocenters. The van der Waals surface area contributed by atoms with Crippen molar-refractivity contribution in [3.63, 3.8) is 0 Å². The normalized spacial score (nSPS) is 11.2. The van der Waals surface area contributed by atoms with Crippen molar-refractivity contribution in [2.75, 3.05) is 23.7 Å². The molecular weight excluding hydrogens is 288 g/mol. The lowest BCUT2D eigenvalue weighted by Gasteiger charge is -2.22. The zero-order valence-corrected chi connectivity index (χ0v) is 13.7. The first kappa shape index (κ1) is 17.5. The van der Waals surface area contributed by atoms with E-state index < -0.39 is 10.0 Å². The van der Waals surface area contributed by atoms with Crippen LogP contribution in [0.15, 0.2) is 24.3 Å². The summed E-state index contributed by atoms with van der Waals surface area (Å²) in [5, 5.41) is 2.71. The predicted octanol–water partition coefficient (Wildman–Crippen LogP) is 1.93. The van der Waals surface area contributed by atoms with Crippen LogP contribution in [-0.2, 0) is 21.2 Å². The quantitative estimate of drug-likeness (QED) is 0.797. The van der Waals surface area contributed by atoms with Gasteiger partial charge in [0.05, 0.1) is 11.9 Å². The van der Waals surface area contributed by atoms with Crippen molar-refractivity contribution in [1.82, 2.24) is 5.32 Å². The van der Waals surface area contributed by atoms with E-state index in [1.165, 1.54) is 10.6 Å². The molecule has 0 saturated carbocycles. The van der Waals surface area contributed by atoms with Gasteiger partial charge in [0.1, 0.15) is 0 Å². The Kier molecular flexibility index (Phi) is 6.68. The summed E-state index contributed by atoms with van der Waals surface area (Å²) in [5.74, 6) is -0.0488. The number of carbonyl (C=O) groups is 1. The van der Waals surface area contributed by atoms with Crippen LogP contribution in [0.2, 0.25) is 0 Å². The second-order valence-electron chi connectivity index (χ2n) is 4.91. The summed E-state index contributed by atoms with van der Waals surface area (Å²) in [5.41, 5.74) is 1.81. The van der Waals surface area contributed by atoms with Crippen LogP contribution in [0.1, 0.15) is 32.3 Å². The molecule has 0 heterocycles. The lowest BCUT2D eigenvalue weighted by atomic mass is 10.1. The van der Waals surface area contributed by atoms with Crippen LogP contribution in [0.5, 0.6) is 0 Å². The minimum atomic E-state index is -3.35. The minimum Gasteiger partial charge on any atom is -0.356 e. The van der Waals surface area contributed by atoms with E-state index in [1.807, 2.05) is 31.2 Å². The highest BCUT2D eigenvalue weighted by Crippen LogP contribution is 2.19. The summed E-state index contributed by atoms with van der Waals surface area (Å²) >= 11 is 0. The largest absolute Gasteiger partial charge is 0.356 e. The summed E-state index contributed by atoms with van der Waals surface area (Å²) in [6.45, 7) is 4.81. The average molecular weight is 312 g/mol. The summed E-state index contributed by atoms with van der Waals surface area (Å²) in [7, 11) is -3.35. The molecule has 1 aromatic carbocycles. The molecule has 6 heteroatoms. The Hall–Kier alpha value is -1.56. The van der Waals surface area contributed by atoms with Gasteiger partial charge in [-0.25, -0.2) is 8.42 Å². The highest BCUT2D eigenvalue weighted by molar-refractivity contribution is 7.92. The third kappa shape index (κ3) is 5.75. The molecule has 0 fully saturated rings. The van der Waals surface area contributed by atoms with Crippen LogP contribution < -0.4 is 9.62 Å². The van der Waals surface area contributed by atoms with Crippen molar-refractivity contribution in [1.29, 1.82) is 0 Å². The van der Waals surface area contributed by atoms with Crippen molar-refractivity contribution in [2.24, 2.45) is 0 Å². The summed E-state index contributed by atoms with van der Waals surface area (Å²) in [6, 6.07) is 7.48. The summed E-state index contributed by atoms with van der Waals surface area (Å²) < 4.78 is 25.2. The van der Waals surface area contributed by atoms with Gasteiger partial charge in [0.25, 0.3) is 0 Å². The maximum Gasteiger partial charge on any atom is 0.232 e. The fraction of sp³-hybridized carbons (Fsp3) is 0.533. The Morgan fingerprint density at radius 1 is 1.19 bits per heavy atom. The fourth-order valence-electron chi connectivity index (χ4n) is 2.05. The molecule has 0 aromatic heterocycles.